The first kappa shape index (κ1) is 28.3. The highest BCUT2D eigenvalue weighted by atomic mass is 19.4. The van der Waals surface area contributed by atoms with E-state index in [2.05, 4.69) is 9.64 Å². The third kappa shape index (κ3) is 7.25. The number of carbonyl (C=O) groups is 1. The van der Waals surface area contributed by atoms with E-state index in [1.807, 2.05) is 6.08 Å². The molecule has 1 N–H and O–H groups in total. The van der Waals surface area contributed by atoms with E-state index >= 15 is 0 Å². The third-order valence-electron chi connectivity index (χ3n) is 6.31. The summed E-state index contributed by atoms with van der Waals surface area (Å²) < 4.78 is 95.1. The molecular weight excluding hydrogens is 532 g/mol. The van der Waals surface area contributed by atoms with Crippen molar-refractivity contribution in [3.8, 4) is 17.2 Å². The van der Waals surface area contributed by atoms with Crippen LogP contribution in [0, 0.1) is 0 Å². The Balaban J connectivity index is 1.41. The fourth-order valence-electron chi connectivity index (χ4n) is 4.16. The molecule has 210 valence electrons. The summed E-state index contributed by atoms with van der Waals surface area (Å²) in [6.07, 6.45) is -7.73. The molecule has 0 amide bonds. The van der Waals surface area contributed by atoms with Crippen molar-refractivity contribution in [3.05, 3.63) is 70.3 Å². The maximum absolute atomic E-state index is 13.6. The molecule has 0 saturated heterocycles. The van der Waals surface area contributed by atoms with Crippen LogP contribution in [0.25, 0.3) is 6.08 Å². The molecular formula is C27H25F6NO5. The molecule has 0 spiro atoms. The topological polar surface area (TPSA) is 68.2 Å². The predicted molar refractivity (Wildman–Crippen MR) is 129 cm³/mol. The van der Waals surface area contributed by atoms with Crippen LogP contribution in [0.3, 0.4) is 0 Å². The number of benzene rings is 2. The summed E-state index contributed by atoms with van der Waals surface area (Å²) in [6, 6.07) is 7.45. The molecule has 2 aliphatic heterocycles. The van der Waals surface area contributed by atoms with E-state index in [1.165, 1.54) is 0 Å². The van der Waals surface area contributed by atoms with Crippen LogP contribution in [0.1, 0.15) is 30.0 Å². The van der Waals surface area contributed by atoms with E-state index in [4.69, 9.17) is 14.6 Å². The van der Waals surface area contributed by atoms with Gasteiger partial charge < -0.3 is 19.3 Å². The van der Waals surface area contributed by atoms with Gasteiger partial charge in [-0.3, -0.25) is 4.90 Å². The van der Waals surface area contributed by atoms with Gasteiger partial charge in [0.1, 0.15) is 30.5 Å². The molecule has 0 radical (unpaired) electrons. The molecule has 2 heterocycles. The number of hydrogen-bond acceptors (Lipinski definition) is 5. The number of nitrogens with zero attached hydrogens (tertiary/aromatic N) is 1. The standard InChI is InChI=1S/C27H25F6NO5/c1-16(26(28,29)30)39-22-5-3-20(23(11-22)27(31,32)33)15-37-21-4-2-19-10-17(14-38-24(19)12-21)13-34-8-6-18(7-9-34)25(35)36/h2-6,10-12,16H,7-9,13-15H2,1H3,(H,35,36)/t16-/m0/s1. The first-order valence-electron chi connectivity index (χ1n) is 12.0. The maximum Gasteiger partial charge on any atom is 0.425 e. The second-order valence-corrected chi connectivity index (χ2v) is 9.22. The fourth-order valence-corrected chi connectivity index (χ4v) is 4.16. The Labute approximate surface area is 220 Å². The van der Waals surface area contributed by atoms with Gasteiger partial charge in [-0.05, 0) is 49.3 Å². The van der Waals surface area contributed by atoms with Gasteiger partial charge in [-0.25, -0.2) is 4.79 Å². The fraction of sp³-hybridized carbons (Fsp3) is 0.370. The van der Waals surface area contributed by atoms with Gasteiger partial charge in [0, 0.05) is 42.4 Å². The number of hydrogen-bond donors (Lipinski definition) is 1. The molecule has 4 rings (SSSR count). The van der Waals surface area contributed by atoms with Gasteiger partial charge in [0.05, 0.1) is 5.56 Å². The van der Waals surface area contributed by atoms with Crippen molar-refractivity contribution in [1.29, 1.82) is 0 Å². The number of ether oxygens (including phenoxy) is 3. The second kappa shape index (κ2) is 11.2. The average molecular weight is 557 g/mol. The smallest absolute Gasteiger partial charge is 0.425 e. The Hall–Kier alpha value is -3.67. The van der Waals surface area contributed by atoms with E-state index in [0.717, 1.165) is 23.3 Å². The number of carboxylic acids is 1. The van der Waals surface area contributed by atoms with Crippen LogP contribution in [0.15, 0.2) is 53.6 Å². The van der Waals surface area contributed by atoms with Gasteiger partial charge in [-0.15, -0.1) is 0 Å². The van der Waals surface area contributed by atoms with Crippen LogP contribution in [-0.2, 0) is 17.6 Å². The van der Waals surface area contributed by atoms with Crippen LogP contribution in [-0.4, -0.2) is 54.5 Å². The van der Waals surface area contributed by atoms with E-state index in [-0.39, 0.29) is 11.3 Å². The van der Waals surface area contributed by atoms with Crippen molar-refractivity contribution in [2.75, 3.05) is 26.2 Å². The van der Waals surface area contributed by atoms with E-state index in [9.17, 15) is 31.1 Å². The Morgan fingerprint density at radius 3 is 2.49 bits per heavy atom. The molecule has 0 unspecified atom stereocenters. The molecule has 12 heteroatoms. The predicted octanol–water partition coefficient (Wildman–Crippen LogP) is 6.11. The van der Waals surface area contributed by atoms with Gasteiger partial charge in [0.25, 0.3) is 0 Å². The zero-order chi connectivity index (χ0) is 28.4. The highest BCUT2D eigenvalue weighted by molar-refractivity contribution is 5.86. The molecule has 0 aromatic heterocycles. The zero-order valence-corrected chi connectivity index (χ0v) is 20.7. The Bertz CT molecular complexity index is 1280. The van der Waals surface area contributed by atoms with Crippen LogP contribution >= 0.6 is 0 Å². The monoisotopic (exact) mass is 557 g/mol. The first-order valence-corrected chi connectivity index (χ1v) is 12.0. The van der Waals surface area contributed by atoms with Crippen molar-refractivity contribution in [3.63, 3.8) is 0 Å². The Morgan fingerprint density at radius 2 is 1.85 bits per heavy atom. The lowest BCUT2D eigenvalue weighted by Crippen LogP contribution is -2.33. The lowest BCUT2D eigenvalue weighted by molar-refractivity contribution is -0.189. The van der Waals surface area contributed by atoms with Crippen molar-refractivity contribution in [2.45, 2.75) is 38.4 Å². The molecule has 2 aliphatic rings. The number of halogens is 6. The van der Waals surface area contributed by atoms with E-state index in [1.54, 1.807) is 24.3 Å². The number of fused-ring (bicyclic) bond motifs is 1. The molecule has 6 nitrogen and oxygen atoms in total. The minimum absolute atomic E-state index is 0.257. The lowest BCUT2D eigenvalue weighted by atomic mass is 10.0. The quantitative estimate of drug-likeness (QED) is 0.396. The van der Waals surface area contributed by atoms with Crippen molar-refractivity contribution < 1.29 is 50.5 Å². The molecule has 0 aliphatic carbocycles. The van der Waals surface area contributed by atoms with Crippen molar-refractivity contribution in [2.24, 2.45) is 0 Å². The summed E-state index contributed by atoms with van der Waals surface area (Å²) >= 11 is 0. The highest BCUT2D eigenvalue weighted by Gasteiger charge is 2.39. The summed E-state index contributed by atoms with van der Waals surface area (Å²) in [6.45, 7) is 2.25. The largest absolute Gasteiger partial charge is 0.489 e. The summed E-state index contributed by atoms with van der Waals surface area (Å²) in [5, 5.41) is 9.08. The molecule has 0 saturated carbocycles. The van der Waals surface area contributed by atoms with Gasteiger partial charge in [0.15, 0.2) is 6.10 Å². The minimum atomic E-state index is -4.83. The lowest BCUT2D eigenvalue weighted by Gasteiger charge is -2.28. The third-order valence-corrected chi connectivity index (χ3v) is 6.31. The number of alkyl halides is 6. The average Bonchev–Trinajstić information content (AvgIpc) is 2.87. The molecule has 0 fully saturated rings. The van der Waals surface area contributed by atoms with Crippen LogP contribution < -0.4 is 14.2 Å². The summed E-state index contributed by atoms with van der Waals surface area (Å²) in [7, 11) is 0. The molecule has 0 bridgehead atoms. The molecule has 2 aromatic rings. The van der Waals surface area contributed by atoms with Crippen molar-refractivity contribution in [1.82, 2.24) is 4.90 Å². The number of rotatable bonds is 8. The van der Waals surface area contributed by atoms with Gasteiger partial charge in [0.2, 0.25) is 0 Å². The number of aliphatic carboxylic acids is 1. The summed E-state index contributed by atoms with van der Waals surface area (Å²) in [4.78, 5) is 13.2. The number of carboxylic acid groups (broad SMARTS) is 1. The van der Waals surface area contributed by atoms with Crippen LogP contribution in [0.4, 0.5) is 26.3 Å². The van der Waals surface area contributed by atoms with Gasteiger partial charge in [-0.2, -0.15) is 26.3 Å². The van der Waals surface area contributed by atoms with Crippen molar-refractivity contribution >= 4 is 12.0 Å². The summed E-state index contributed by atoms with van der Waals surface area (Å²) in [5.41, 5.74) is 0.732. The SMILES string of the molecule is C[C@H](Oc1ccc(COc2ccc3c(c2)OCC(CN2CC=C(C(=O)O)CC2)=C3)c(C(F)(F)F)c1)C(F)(F)F. The molecule has 39 heavy (non-hydrogen) atoms. The molecule has 1 atom stereocenters. The van der Waals surface area contributed by atoms with E-state index < -0.39 is 42.3 Å². The van der Waals surface area contributed by atoms with Crippen LogP contribution in [0.5, 0.6) is 17.2 Å². The summed E-state index contributed by atoms with van der Waals surface area (Å²) in [5.74, 6) is -0.711. The Kier molecular flexibility index (Phi) is 8.15. The second-order valence-electron chi connectivity index (χ2n) is 9.22. The maximum atomic E-state index is 13.6. The molecule has 2 aromatic carbocycles. The van der Waals surface area contributed by atoms with E-state index in [0.29, 0.717) is 57.0 Å². The normalized spacial score (nSPS) is 16.9. The Morgan fingerprint density at radius 1 is 1.10 bits per heavy atom. The minimum Gasteiger partial charge on any atom is -0.489 e. The van der Waals surface area contributed by atoms with Gasteiger partial charge >= 0.3 is 18.3 Å². The highest BCUT2D eigenvalue weighted by Crippen LogP contribution is 2.37. The zero-order valence-electron chi connectivity index (χ0n) is 20.7. The van der Waals surface area contributed by atoms with Gasteiger partial charge in [-0.1, -0.05) is 12.1 Å². The van der Waals surface area contributed by atoms with Crippen LogP contribution in [0.2, 0.25) is 0 Å². The first-order chi connectivity index (χ1) is 18.3.